The minimum atomic E-state index is 0.251. The molecule has 1 saturated heterocycles. The number of aromatic nitrogens is 2. The number of benzene rings is 2. The van der Waals surface area contributed by atoms with Crippen LogP contribution in [0, 0.1) is 11.3 Å². The van der Waals surface area contributed by atoms with Crippen LogP contribution in [0.15, 0.2) is 54.6 Å². The number of pyridine rings is 1. The van der Waals surface area contributed by atoms with Crippen LogP contribution in [-0.2, 0) is 0 Å². The fourth-order valence-electron chi connectivity index (χ4n) is 4.61. The summed E-state index contributed by atoms with van der Waals surface area (Å²) in [4.78, 5) is 9.46. The summed E-state index contributed by atoms with van der Waals surface area (Å²) in [7, 11) is 4.22. The Morgan fingerprint density at radius 2 is 1.83 bits per heavy atom. The molecule has 0 amide bonds. The third-order valence-electron chi connectivity index (χ3n) is 5.92. The smallest absolute Gasteiger partial charge is 0.159 e. The van der Waals surface area contributed by atoms with Crippen LogP contribution < -0.4 is 4.90 Å². The quantitative estimate of drug-likeness (QED) is 0.463. The fourth-order valence-corrected chi connectivity index (χ4v) is 4.93. The Balaban J connectivity index is 1.98. The monoisotopic (exact) mass is 415 g/mol. The number of para-hydroxylation sites is 2. The number of hydrogen-bond donors (Lipinski definition) is 0. The van der Waals surface area contributed by atoms with Gasteiger partial charge >= 0.3 is 0 Å². The first-order chi connectivity index (χ1) is 14.6. The maximum Gasteiger partial charge on any atom is 0.159 e. The average molecular weight is 416 g/mol. The number of hydrogen-bond acceptors (Lipinski definition) is 4. The maximum absolute atomic E-state index is 10.00. The first-order valence-electron chi connectivity index (χ1n) is 10.1. The van der Waals surface area contributed by atoms with Crippen LogP contribution in [0.25, 0.3) is 27.8 Å². The van der Waals surface area contributed by atoms with Crippen molar-refractivity contribution in [3.05, 3.63) is 65.2 Å². The van der Waals surface area contributed by atoms with Crippen LogP contribution in [0.5, 0.6) is 0 Å². The maximum atomic E-state index is 10.00. The molecule has 2 aromatic heterocycles. The molecule has 0 N–H and O–H groups in total. The normalized spacial score (nSPS) is 16.6. The molecule has 0 unspecified atom stereocenters. The SMILES string of the molecule is CN(C)[C@@H]1CCCN1c1c(-c2ccccc2)c(Cl)c(C#N)c2nc3ccccc3n12. The Morgan fingerprint density at radius 3 is 2.57 bits per heavy atom. The van der Waals surface area contributed by atoms with Crippen LogP contribution in [0.1, 0.15) is 18.4 Å². The highest BCUT2D eigenvalue weighted by atomic mass is 35.5. The Hall–Kier alpha value is -3.07. The van der Waals surface area contributed by atoms with Gasteiger partial charge in [-0.15, -0.1) is 0 Å². The number of nitriles is 1. The number of anilines is 1. The van der Waals surface area contributed by atoms with Crippen molar-refractivity contribution in [3.63, 3.8) is 0 Å². The minimum Gasteiger partial charge on any atom is -0.341 e. The summed E-state index contributed by atoms with van der Waals surface area (Å²) in [5.74, 6) is 1.00. The highest BCUT2D eigenvalue weighted by molar-refractivity contribution is 6.36. The van der Waals surface area contributed by atoms with Crippen molar-refractivity contribution in [1.29, 1.82) is 5.26 Å². The lowest BCUT2D eigenvalue weighted by atomic mass is 10.0. The van der Waals surface area contributed by atoms with Gasteiger partial charge in [0.2, 0.25) is 0 Å². The zero-order valence-corrected chi connectivity index (χ0v) is 17.8. The molecule has 0 aliphatic carbocycles. The second-order valence-corrected chi connectivity index (χ2v) is 8.28. The lowest BCUT2D eigenvalue weighted by Crippen LogP contribution is -2.41. The van der Waals surface area contributed by atoms with Crippen LogP contribution in [0.2, 0.25) is 5.02 Å². The zero-order valence-electron chi connectivity index (χ0n) is 17.0. The van der Waals surface area contributed by atoms with E-state index in [0.717, 1.165) is 47.4 Å². The molecule has 0 saturated carbocycles. The van der Waals surface area contributed by atoms with Crippen molar-refractivity contribution >= 4 is 34.1 Å². The van der Waals surface area contributed by atoms with E-state index in [9.17, 15) is 5.26 Å². The van der Waals surface area contributed by atoms with E-state index < -0.39 is 0 Å². The highest BCUT2D eigenvalue weighted by Gasteiger charge is 2.33. The number of imidazole rings is 1. The molecule has 1 aliphatic heterocycles. The second kappa shape index (κ2) is 7.32. The molecule has 1 fully saturated rings. The Morgan fingerprint density at radius 1 is 1.10 bits per heavy atom. The van der Waals surface area contributed by atoms with Gasteiger partial charge in [-0.25, -0.2) is 4.98 Å². The molecule has 1 atom stereocenters. The van der Waals surface area contributed by atoms with E-state index in [1.165, 1.54) is 0 Å². The van der Waals surface area contributed by atoms with Crippen molar-refractivity contribution in [3.8, 4) is 17.2 Å². The van der Waals surface area contributed by atoms with Crippen LogP contribution >= 0.6 is 11.6 Å². The molecule has 1 aliphatic rings. The summed E-state index contributed by atoms with van der Waals surface area (Å²) in [6, 6.07) is 20.4. The van der Waals surface area contributed by atoms with Gasteiger partial charge in [-0.2, -0.15) is 5.26 Å². The second-order valence-electron chi connectivity index (χ2n) is 7.90. The largest absolute Gasteiger partial charge is 0.341 e. The van der Waals surface area contributed by atoms with E-state index in [-0.39, 0.29) is 6.17 Å². The minimum absolute atomic E-state index is 0.251. The Kier molecular flexibility index (Phi) is 4.62. The molecule has 2 aromatic carbocycles. The number of halogens is 1. The van der Waals surface area contributed by atoms with Crippen molar-refractivity contribution in [1.82, 2.24) is 14.3 Å². The number of nitrogens with zero attached hydrogens (tertiary/aromatic N) is 5. The van der Waals surface area contributed by atoms with Crippen LogP contribution in [-0.4, -0.2) is 41.1 Å². The van der Waals surface area contributed by atoms with E-state index in [4.69, 9.17) is 16.6 Å². The molecule has 0 spiro atoms. The summed E-state index contributed by atoms with van der Waals surface area (Å²) >= 11 is 6.94. The third kappa shape index (κ3) is 2.76. The molecule has 0 bridgehead atoms. The van der Waals surface area contributed by atoms with E-state index in [0.29, 0.717) is 16.2 Å². The summed E-state index contributed by atoms with van der Waals surface area (Å²) in [6.45, 7) is 0.923. The molecule has 5 rings (SSSR count). The van der Waals surface area contributed by atoms with Crippen molar-refractivity contribution in [2.24, 2.45) is 0 Å². The standard InChI is InChI=1S/C24H22ClN5/c1-28(2)20-13-8-14-29(20)24-21(16-9-4-3-5-10-16)22(25)17(15-26)23-27-18-11-6-7-12-19(18)30(23)24/h3-7,9-12,20H,8,13-14H2,1-2H3/t20-/m0/s1. The predicted octanol–water partition coefficient (Wildman–Crippen LogP) is 5.17. The van der Waals surface area contributed by atoms with Gasteiger partial charge in [0.15, 0.2) is 5.65 Å². The fraction of sp³-hybridized carbons (Fsp3) is 0.250. The van der Waals surface area contributed by atoms with Gasteiger partial charge in [-0.05, 0) is 44.6 Å². The van der Waals surface area contributed by atoms with Crippen LogP contribution in [0.3, 0.4) is 0 Å². The molecule has 150 valence electrons. The number of fused-ring (bicyclic) bond motifs is 3. The molecular formula is C24H22ClN5. The summed E-state index contributed by atoms with van der Waals surface area (Å²) in [6.07, 6.45) is 2.43. The first kappa shape index (κ1) is 18.9. The van der Waals surface area contributed by atoms with Gasteiger partial charge in [0.1, 0.15) is 17.5 Å². The molecule has 30 heavy (non-hydrogen) atoms. The van der Waals surface area contributed by atoms with Gasteiger partial charge < -0.3 is 4.90 Å². The molecular weight excluding hydrogens is 394 g/mol. The predicted molar refractivity (Wildman–Crippen MR) is 122 cm³/mol. The average Bonchev–Trinajstić information content (AvgIpc) is 3.39. The third-order valence-corrected chi connectivity index (χ3v) is 6.30. The molecule has 6 heteroatoms. The van der Waals surface area contributed by atoms with E-state index >= 15 is 0 Å². The molecule has 0 radical (unpaired) electrons. The summed E-state index contributed by atoms with van der Waals surface area (Å²) in [5, 5.41) is 10.5. The van der Waals surface area contributed by atoms with Gasteiger partial charge in [0, 0.05) is 12.1 Å². The lowest BCUT2D eigenvalue weighted by molar-refractivity contribution is 0.300. The van der Waals surface area contributed by atoms with Gasteiger partial charge in [0.25, 0.3) is 0 Å². The van der Waals surface area contributed by atoms with Gasteiger partial charge in [-0.1, -0.05) is 54.1 Å². The highest BCUT2D eigenvalue weighted by Crippen LogP contribution is 2.44. The van der Waals surface area contributed by atoms with Gasteiger partial charge in [0.05, 0.1) is 22.2 Å². The first-order valence-corrected chi connectivity index (χ1v) is 10.5. The van der Waals surface area contributed by atoms with Crippen LogP contribution in [0.4, 0.5) is 5.82 Å². The Bertz CT molecular complexity index is 1290. The Labute approximate surface area is 180 Å². The lowest BCUT2D eigenvalue weighted by Gasteiger charge is -2.34. The molecule has 5 nitrogen and oxygen atoms in total. The zero-order chi connectivity index (χ0) is 20.8. The van der Waals surface area contributed by atoms with E-state index in [1.54, 1.807) is 0 Å². The summed E-state index contributed by atoms with van der Waals surface area (Å²) in [5.41, 5.74) is 4.75. The van der Waals surface area contributed by atoms with E-state index in [1.807, 2.05) is 36.4 Å². The van der Waals surface area contributed by atoms with Gasteiger partial charge in [-0.3, -0.25) is 9.30 Å². The summed E-state index contributed by atoms with van der Waals surface area (Å²) < 4.78 is 2.13. The van der Waals surface area contributed by atoms with Crippen molar-refractivity contribution in [2.45, 2.75) is 19.0 Å². The van der Waals surface area contributed by atoms with E-state index in [2.05, 4.69) is 52.6 Å². The number of rotatable bonds is 3. The topological polar surface area (TPSA) is 47.6 Å². The molecule has 3 heterocycles. The van der Waals surface area contributed by atoms with Crippen molar-refractivity contribution < 1.29 is 0 Å². The molecule has 4 aromatic rings. The van der Waals surface area contributed by atoms with Crippen molar-refractivity contribution in [2.75, 3.05) is 25.5 Å².